The monoisotopic (exact) mass is 323 g/mol. The lowest BCUT2D eigenvalue weighted by atomic mass is 10.1. The third-order valence-electron chi connectivity index (χ3n) is 3.55. The molecule has 0 saturated carbocycles. The number of thiazole rings is 1. The van der Waals surface area contributed by atoms with Crippen molar-refractivity contribution in [1.82, 2.24) is 15.3 Å². The fourth-order valence-electron chi connectivity index (χ4n) is 2.25. The Morgan fingerprint density at radius 3 is 2.61 bits per heavy atom. The van der Waals surface area contributed by atoms with Gasteiger partial charge in [-0.15, -0.1) is 11.3 Å². The Balaban J connectivity index is 1.70. The predicted octanol–water partition coefficient (Wildman–Crippen LogP) is 4.00. The molecule has 0 radical (unpaired) electrons. The molecule has 0 aliphatic rings. The first kappa shape index (κ1) is 15.4. The summed E-state index contributed by atoms with van der Waals surface area (Å²) in [5.74, 6) is -0.0942. The molecule has 0 aliphatic heterocycles. The number of hydrogen-bond donors (Lipinski definition) is 1. The third kappa shape index (κ3) is 3.63. The molecule has 1 amide bonds. The maximum atomic E-state index is 12.3. The van der Waals surface area contributed by atoms with Gasteiger partial charge < -0.3 is 5.32 Å². The second-order valence-electron chi connectivity index (χ2n) is 5.35. The van der Waals surface area contributed by atoms with E-state index in [4.69, 9.17) is 0 Å². The Bertz CT molecular complexity index is 797. The number of carbonyl (C=O) groups is 1. The van der Waals surface area contributed by atoms with Crippen molar-refractivity contribution < 1.29 is 4.79 Å². The number of carbonyl (C=O) groups excluding carboxylic acids is 1. The average Bonchev–Trinajstić information content (AvgIpc) is 3.02. The van der Waals surface area contributed by atoms with Crippen molar-refractivity contribution in [2.24, 2.45) is 0 Å². The molecule has 4 nitrogen and oxygen atoms in total. The normalized spacial score (nSPS) is 11.9. The molecule has 0 saturated heterocycles. The first-order valence-electron chi connectivity index (χ1n) is 7.37. The van der Waals surface area contributed by atoms with Gasteiger partial charge in [0.1, 0.15) is 5.01 Å². The van der Waals surface area contributed by atoms with Gasteiger partial charge in [0, 0.05) is 34.6 Å². The van der Waals surface area contributed by atoms with Gasteiger partial charge in [-0.3, -0.25) is 9.78 Å². The second kappa shape index (κ2) is 6.71. The summed E-state index contributed by atoms with van der Waals surface area (Å²) in [6.07, 6.45) is 3.48. The van der Waals surface area contributed by atoms with Gasteiger partial charge in [-0.2, -0.15) is 0 Å². The highest BCUT2D eigenvalue weighted by Crippen LogP contribution is 2.23. The smallest absolute Gasteiger partial charge is 0.251 e. The maximum absolute atomic E-state index is 12.3. The molecule has 2 aromatic heterocycles. The predicted molar refractivity (Wildman–Crippen MR) is 92.4 cm³/mol. The van der Waals surface area contributed by atoms with Crippen LogP contribution in [0.1, 0.15) is 34.6 Å². The summed E-state index contributed by atoms with van der Waals surface area (Å²) < 4.78 is 0. The van der Waals surface area contributed by atoms with E-state index >= 15 is 0 Å². The quantitative estimate of drug-likeness (QED) is 0.789. The minimum atomic E-state index is -0.0942. The van der Waals surface area contributed by atoms with Crippen molar-refractivity contribution in [1.29, 1.82) is 0 Å². The minimum Gasteiger partial charge on any atom is -0.345 e. The third-order valence-corrected chi connectivity index (χ3v) is 4.55. The van der Waals surface area contributed by atoms with E-state index in [2.05, 4.69) is 15.3 Å². The molecule has 1 aromatic carbocycles. The zero-order chi connectivity index (χ0) is 16.2. The van der Waals surface area contributed by atoms with Crippen molar-refractivity contribution in [3.8, 4) is 10.6 Å². The van der Waals surface area contributed by atoms with Crippen LogP contribution in [0.2, 0.25) is 0 Å². The van der Waals surface area contributed by atoms with Crippen LogP contribution in [-0.4, -0.2) is 15.9 Å². The molecular formula is C18H17N3OS. The number of amides is 1. The molecule has 0 unspecified atom stereocenters. The Kier molecular flexibility index (Phi) is 4.48. The van der Waals surface area contributed by atoms with Crippen LogP contribution in [0.4, 0.5) is 0 Å². The number of hydrogen-bond acceptors (Lipinski definition) is 4. The second-order valence-corrected chi connectivity index (χ2v) is 6.21. The lowest BCUT2D eigenvalue weighted by molar-refractivity contribution is 0.0940. The van der Waals surface area contributed by atoms with Gasteiger partial charge in [-0.1, -0.05) is 18.2 Å². The zero-order valence-electron chi connectivity index (χ0n) is 13.0. The van der Waals surface area contributed by atoms with E-state index < -0.39 is 0 Å². The van der Waals surface area contributed by atoms with Crippen LogP contribution in [-0.2, 0) is 0 Å². The highest BCUT2D eigenvalue weighted by atomic mass is 32.1. The van der Waals surface area contributed by atoms with Crippen molar-refractivity contribution in [3.63, 3.8) is 0 Å². The Morgan fingerprint density at radius 2 is 2.00 bits per heavy atom. The topological polar surface area (TPSA) is 54.9 Å². The van der Waals surface area contributed by atoms with Crippen LogP contribution in [0.3, 0.4) is 0 Å². The van der Waals surface area contributed by atoms with Crippen LogP contribution in [0.25, 0.3) is 10.6 Å². The molecule has 0 bridgehead atoms. The molecule has 1 atom stereocenters. The molecule has 0 spiro atoms. The lowest BCUT2D eigenvalue weighted by Gasteiger charge is -2.14. The molecule has 2 heterocycles. The Morgan fingerprint density at radius 1 is 1.22 bits per heavy atom. The minimum absolute atomic E-state index is 0.0857. The Hall–Kier alpha value is -2.53. The standard InChI is InChI=1S/C18H17N3OS/c1-12-11-23-18(20-12)15-7-5-14(6-8-15)17(22)21-13(2)16-4-3-9-19-10-16/h3-11,13H,1-2H3,(H,21,22)/t13-/m0/s1. The van der Waals surface area contributed by atoms with Gasteiger partial charge in [-0.05, 0) is 37.6 Å². The van der Waals surface area contributed by atoms with E-state index in [-0.39, 0.29) is 11.9 Å². The first-order chi connectivity index (χ1) is 11.1. The zero-order valence-corrected chi connectivity index (χ0v) is 13.8. The van der Waals surface area contributed by atoms with Gasteiger partial charge in [0.15, 0.2) is 0 Å². The van der Waals surface area contributed by atoms with E-state index in [0.29, 0.717) is 5.56 Å². The van der Waals surface area contributed by atoms with E-state index in [1.807, 2.05) is 55.6 Å². The molecule has 5 heteroatoms. The first-order valence-corrected chi connectivity index (χ1v) is 8.25. The number of aromatic nitrogens is 2. The van der Waals surface area contributed by atoms with Crippen LogP contribution in [0.5, 0.6) is 0 Å². The van der Waals surface area contributed by atoms with Gasteiger partial charge in [0.25, 0.3) is 5.91 Å². The SMILES string of the molecule is Cc1csc(-c2ccc(C(=O)N[C@@H](C)c3cccnc3)cc2)n1. The lowest BCUT2D eigenvalue weighted by Crippen LogP contribution is -2.26. The van der Waals surface area contributed by atoms with Gasteiger partial charge >= 0.3 is 0 Å². The highest BCUT2D eigenvalue weighted by molar-refractivity contribution is 7.13. The van der Waals surface area contributed by atoms with Crippen molar-refractivity contribution in [2.45, 2.75) is 19.9 Å². The summed E-state index contributed by atoms with van der Waals surface area (Å²) in [6.45, 7) is 3.92. The number of nitrogens with zero attached hydrogens (tertiary/aromatic N) is 2. The molecule has 3 rings (SSSR count). The van der Waals surface area contributed by atoms with E-state index in [1.54, 1.807) is 23.7 Å². The number of aryl methyl sites for hydroxylation is 1. The molecule has 1 N–H and O–H groups in total. The molecule has 0 aliphatic carbocycles. The molecule has 3 aromatic rings. The number of rotatable bonds is 4. The largest absolute Gasteiger partial charge is 0.345 e. The van der Waals surface area contributed by atoms with Crippen LogP contribution >= 0.6 is 11.3 Å². The number of nitrogens with one attached hydrogen (secondary N) is 1. The summed E-state index contributed by atoms with van der Waals surface area (Å²) in [7, 11) is 0. The molecule has 23 heavy (non-hydrogen) atoms. The summed E-state index contributed by atoms with van der Waals surface area (Å²) in [5.41, 5.74) is 3.66. The van der Waals surface area contributed by atoms with Gasteiger partial charge in [0.05, 0.1) is 6.04 Å². The number of benzene rings is 1. The fourth-order valence-corrected chi connectivity index (χ4v) is 3.05. The van der Waals surface area contributed by atoms with Gasteiger partial charge in [-0.25, -0.2) is 4.98 Å². The van der Waals surface area contributed by atoms with Gasteiger partial charge in [0.2, 0.25) is 0 Å². The fraction of sp³-hybridized carbons (Fsp3) is 0.167. The summed E-state index contributed by atoms with van der Waals surface area (Å²) >= 11 is 1.61. The molecule has 0 fully saturated rings. The van der Waals surface area contributed by atoms with Crippen molar-refractivity contribution >= 4 is 17.2 Å². The summed E-state index contributed by atoms with van der Waals surface area (Å²) in [5, 5.41) is 5.97. The van der Waals surface area contributed by atoms with E-state index in [0.717, 1.165) is 21.8 Å². The van der Waals surface area contributed by atoms with Crippen LogP contribution < -0.4 is 5.32 Å². The molecular weight excluding hydrogens is 306 g/mol. The number of pyridine rings is 1. The van der Waals surface area contributed by atoms with Crippen molar-refractivity contribution in [3.05, 3.63) is 71.0 Å². The Labute approximate surface area is 139 Å². The average molecular weight is 323 g/mol. The van der Waals surface area contributed by atoms with E-state index in [1.165, 1.54) is 0 Å². The highest BCUT2D eigenvalue weighted by Gasteiger charge is 2.12. The maximum Gasteiger partial charge on any atom is 0.251 e. The van der Waals surface area contributed by atoms with Crippen LogP contribution in [0.15, 0.2) is 54.2 Å². The molecule has 116 valence electrons. The van der Waals surface area contributed by atoms with Crippen LogP contribution in [0, 0.1) is 6.92 Å². The van der Waals surface area contributed by atoms with E-state index in [9.17, 15) is 4.79 Å². The van der Waals surface area contributed by atoms with Crippen molar-refractivity contribution in [2.75, 3.05) is 0 Å². The summed E-state index contributed by atoms with van der Waals surface area (Å²) in [6, 6.07) is 11.3. The summed E-state index contributed by atoms with van der Waals surface area (Å²) in [4.78, 5) is 20.9.